The number of nitrogens with one attached hydrogen (secondary N) is 2. The van der Waals surface area contributed by atoms with Crippen LogP contribution in [0.2, 0.25) is 0 Å². The third kappa shape index (κ3) is 7.75. The fourth-order valence-electron chi connectivity index (χ4n) is 5.09. The van der Waals surface area contributed by atoms with Gasteiger partial charge in [-0.15, -0.1) is 0 Å². The van der Waals surface area contributed by atoms with E-state index in [0.717, 1.165) is 25.8 Å². The van der Waals surface area contributed by atoms with E-state index in [1.165, 1.54) is 0 Å². The van der Waals surface area contributed by atoms with Crippen molar-refractivity contribution in [3.05, 3.63) is 0 Å². The van der Waals surface area contributed by atoms with E-state index in [2.05, 4.69) is 24.5 Å². The number of likely N-dealkylation sites (tertiary alicyclic amines) is 1. The van der Waals surface area contributed by atoms with Gasteiger partial charge in [-0.25, -0.2) is 13.3 Å². The average molecular weight is 513 g/mol. The second-order valence-electron chi connectivity index (χ2n) is 12.7. The molecule has 2 aliphatic heterocycles. The van der Waals surface area contributed by atoms with Crippen LogP contribution in [0.1, 0.15) is 81.6 Å². The molecule has 202 valence electrons. The van der Waals surface area contributed by atoms with Crippen molar-refractivity contribution < 1.29 is 18.6 Å². The summed E-state index contributed by atoms with van der Waals surface area (Å²) in [6, 6.07) is -1.89. The number of carbonyl (C=O) groups is 3. The number of Topliss-reactive ketones (excluding diaryl/α,β-unsaturated/α-hetero) is 1. The van der Waals surface area contributed by atoms with Crippen molar-refractivity contribution in [2.24, 2.45) is 22.7 Å². The van der Waals surface area contributed by atoms with E-state index in [4.69, 9.17) is 0 Å². The molecule has 9 heteroatoms. The molecule has 0 aromatic carbocycles. The van der Waals surface area contributed by atoms with Gasteiger partial charge in [-0.1, -0.05) is 55.4 Å². The van der Waals surface area contributed by atoms with Crippen LogP contribution in [-0.4, -0.2) is 74.6 Å². The van der Waals surface area contributed by atoms with Gasteiger partial charge in [0, 0.05) is 31.4 Å². The number of ketones is 1. The smallest absolute Gasteiger partial charge is 0.315 e. The number of rotatable bonds is 7. The summed E-state index contributed by atoms with van der Waals surface area (Å²) in [5.74, 6) is 0.865. The number of nitrogens with zero attached hydrogens (tertiary/aromatic N) is 2. The number of hydrogen-bond donors (Lipinski definition) is 2. The maximum Gasteiger partial charge on any atom is 0.315 e. The van der Waals surface area contributed by atoms with Crippen LogP contribution in [-0.2, 0) is 20.6 Å². The molecule has 2 fully saturated rings. The normalized spacial score (nSPS) is 25.9. The molecule has 2 saturated heterocycles. The van der Waals surface area contributed by atoms with Gasteiger partial charge in [-0.3, -0.25) is 9.59 Å². The van der Waals surface area contributed by atoms with Crippen LogP contribution < -0.4 is 10.6 Å². The van der Waals surface area contributed by atoms with Gasteiger partial charge in [-0.05, 0) is 48.9 Å². The molecule has 0 aromatic rings. The predicted molar refractivity (Wildman–Crippen MR) is 141 cm³/mol. The summed E-state index contributed by atoms with van der Waals surface area (Å²) in [5.41, 5.74) is -0.809. The Morgan fingerprint density at radius 1 is 0.971 bits per heavy atom. The van der Waals surface area contributed by atoms with Crippen molar-refractivity contribution in [3.63, 3.8) is 0 Å². The van der Waals surface area contributed by atoms with Gasteiger partial charge in [0.1, 0.15) is 6.04 Å². The van der Waals surface area contributed by atoms with Crippen molar-refractivity contribution in [1.29, 1.82) is 0 Å². The Labute approximate surface area is 214 Å². The molecule has 35 heavy (non-hydrogen) atoms. The van der Waals surface area contributed by atoms with Gasteiger partial charge < -0.3 is 15.5 Å². The molecule has 5 atom stereocenters. The Hall–Kier alpha value is -1.48. The molecule has 0 bridgehead atoms. The zero-order valence-corrected chi connectivity index (χ0v) is 24.1. The van der Waals surface area contributed by atoms with Gasteiger partial charge in [0.2, 0.25) is 5.91 Å². The first-order chi connectivity index (χ1) is 16.0. The van der Waals surface area contributed by atoms with E-state index in [0.29, 0.717) is 24.8 Å². The van der Waals surface area contributed by atoms with Gasteiger partial charge in [0.05, 0.1) is 17.0 Å². The monoisotopic (exact) mass is 512 g/mol. The molecule has 0 aliphatic carbocycles. The molecule has 2 rings (SSSR count). The molecule has 2 aliphatic rings. The van der Waals surface area contributed by atoms with Crippen LogP contribution in [0.15, 0.2) is 0 Å². The first kappa shape index (κ1) is 29.7. The summed E-state index contributed by atoms with van der Waals surface area (Å²) in [6.07, 6.45) is 2.75. The summed E-state index contributed by atoms with van der Waals surface area (Å²) >= 11 is 0. The third-order valence-corrected chi connectivity index (χ3v) is 8.94. The first-order valence-corrected chi connectivity index (χ1v) is 14.3. The van der Waals surface area contributed by atoms with Crippen LogP contribution in [0.3, 0.4) is 0 Å². The van der Waals surface area contributed by atoms with Crippen molar-refractivity contribution in [2.45, 2.75) is 99.7 Å². The minimum atomic E-state index is -1.03. The number of hydrogen-bond acceptors (Lipinski definition) is 4. The molecule has 3 amide bonds. The highest BCUT2D eigenvalue weighted by atomic mass is 32.2. The summed E-state index contributed by atoms with van der Waals surface area (Å²) in [7, 11) is -1.03. The molecule has 8 nitrogen and oxygen atoms in total. The highest BCUT2D eigenvalue weighted by Gasteiger charge is 2.46. The third-order valence-electron chi connectivity index (χ3n) is 7.39. The quantitative estimate of drug-likeness (QED) is 0.547. The summed E-state index contributed by atoms with van der Waals surface area (Å²) in [6.45, 7) is 19.4. The lowest BCUT2D eigenvalue weighted by atomic mass is 9.84. The van der Waals surface area contributed by atoms with Crippen molar-refractivity contribution in [2.75, 3.05) is 25.4 Å². The van der Waals surface area contributed by atoms with E-state index in [1.54, 1.807) is 11.8 Å². The van der Waals surface area contributed by atoms with Crippen LogP contribution in [0.4, 0.5) is 4.79 Å². The van der Waals surface area contributed by atoms with Crippen LogP contribution in [0.25, 0.3) is 0 Å². The van der Waals surface area contributed by atoms with Crippen molar-refractivity contribution in [3.8, 4) is 0 Å². The van der Waals surface area contributed by atoms with Gasteiger partial charge in [0.15, 0.2) is 5.78 Å². The van der Waals surface area contributed by atoms with E-state index >= 15 is 0 Å². The van der Waals surface area contributed by atoms with Crippen LogP contribution in [0.5, 0.6) is 0 Å². The maximum absolute atomic E-state index is 13.7. The topological polar surface area (TPSA) is 98.8 Å². The SMILES string of the molecule is CC(=O)[C@@H]1[C@@H](C(C)C)CCN1C(=O)[C@@H](NC(=O)N[C@H](CN1CCCCS1=O)C(C)(C)C)C(C)(C)C. The highest BCUT2D eigenvalue weighted by molar-refractivity contribution is 7.82. The Morgan fingerprint density at radius 2 is 1.60 bits per heavy atom. The fourth-order valence-corrected chi connectivity index (χ4v) is 6.44. The van der Waals surface area contributed by atoms with Crippen LogP contribution in [0, 0.1) is 22.7 Å². The molecule has 2 N–H and O–H groups in total. The van der Waals surface area contributed by atoms with E-state index in [9.17, 15) is 18.6 Å². The minimum absolute atomic E-state index is 0.00557. The molecule has 0 saturated carbocycles. The zero-order valence-electron chi connectivity index (χ0n) is 23.3. The molecule has 0 aromatic heterocycles. The maximum atomic E-state index is 13.7. The minimum Gasteiger partial charge on any atom is -0.334 e. The second-order valence-corrected chi connectivity index (χ2v) is 14.3. The predicted octanol–water partition coefficient (Wildman–Crippen LogP) is 3.34. The Morgan fingerprint density at radius 3 is 2.09 bits per heavy atom. The molecular weight excluding hydrogens is 464 g/mol. The van der Waals surface area contributed by atoms with Gasteiger partial charge >= 0.3 is 6.03 Å². The summed E-state index contributed by atoms with van der Waals surface area (Å²) in [5, 5.41) is 6.01. The zero-order chi connectivity index (χ0) is 26.7. The van der Waals surface area contributed by atoms with E-state index < -0.39 is 34.5 Å². The lowest BCUT2D eigenvalue weighted by Crippen LogP contribution is -2.61. The Bertz CT molecular complexity index is 802. The van der Waals surface area contributed by atoms with Gasteiger partial charge in [-0.2, -0.15) is 0 Å². The Balaban J connectivity index is 2.19. The second kappa shape index (κ2) is 11.7. The van der Waals surface area contributed by atoms with E-state index in [-0.39, 0.29) is 29.1 Å². The lowest BCUT2D eigenvalue weighted by Gasteiger charge is -2.39. The summed E-state index contributed by atoms with van der Waals surface area (Å²) in [4.78, 5) is 41.2. The van der Waals surface area contributed by atoms with Crippen molar-refractivity contribution in [1.82, 2.24) is 19.8 Å². The summed E-state index contributed by atoms with van der Waals surface area (Å²) < 4.78 is 14.4. The molecule has 0 spiro atoms. The molecule has 0 radical (unpaired) electrons. The molecule has 2 heterocycles. The lowest BCUT2D eigenvalue weighted by molar-refractivity contribution is -0.141. The highest BCUT2D eigenvalue weighted by Crippen LogP contribution is 2.33. The first-order valence-electron chi connectivity index (χ1n) is 13.1. The van der Waals surface area contributed by atoms with Crippen LogP contribution >= 0.6 is 0 Å². The number of carbonyl (C=O) groups excluding carboxylic acids is 3. The molecule has 1 unspecified atom stereocenters. The Kier molecular flexibility index (Phi) is 9.96. The molecular formula is C26H48N4O4S. The van der Waals surface area contributed by atoms with Crippen molar-refractivity contribution >= 4 is 28.7 Å². The number of amides is 3. The fraction of sp³-hybridized carbons (Fsp3) is 0.885. The largest absolute Gasteiger partial charge is 0.334 e. The van der Waals surface area contributed by atoms with E-state index in [1.807, 2.05) is 45.8 Å². The van der Waals surface area contributed by atoms with Gasteiger partial charge in [0.25, 0.3) is 0 Å². The number of urea groups is 1. The average Bonchev–Trinajstić information content (AvgIpc) is 3.17. The standard InChI is InChI=1S/C26H48N4O4S/c1-17(2)19-12-14-30(21(19)18(3)31)23(32)22(26(7,8)9)28-24(33)27-20(25(4,5)6)16-29-13-10-11-15-35(29)34/h17,19-22H,10-16H2,1-9H3,(H2,27,28,33)/t19-,20-,21-,22-,35?/m1/s1.